The van der Waals surface area contributed by atoms with Gasteiger partial charge < -0.3 is 15.5 Å². The van der Waals surface area contributed by atoms with Crippen molar-refractivity contribution in [1.29, 1.82) is 0 Å². The first-order chi connectivity index (χ1) is 9.65. The van der Waals surface area contributed by atoms with Crippen LogP contribution in [0.5, 0.6) is 0 Å². The molecule has 0 aromatic heterocycles. The predicted molar refractivity (Wildman–Crippen MR) is 76.4 cm³/mol. The Morgan fingerprint density at radius 2 is 2.15 bits per heavy atom. The van der Waals surface area contributed by atoms with Crippen molar-refractivity contribution in [3.63, 3.8) is 0 Å². The minimum Gasteiger partial charge on any atom is -0.352 e. The molecule has 1 aromatic rings. The van der Waals surface area contributed by atoms with Crippen LogP contribution in [0, 0.1) is 0 Å². The molecular weight excluding hydrogens is 254 g/mol. The van der Waals surface area contributed by atoms with Crippen molar-refractivity contribution < 1.29 is 9.59 Å². The fraction of sp³-hybridized carbons (Fsp3) is 0.467. The number of amides is 2. The van der Waals surface area contributed by atoms with E-state index in [0.29, 0.717) is 19.4 Å². The third-order valence-electron chi connectivity index (χ3n) is 4.12. The van der Waals surface area contributed by atoms with Crippen LogP contribution in [0.25, 0.3) is 0 Å². The quantitative estimate of drug-likeness (QED) is 0.862. The lowest BCUT2D eigenvalue weighted by Crippen LogP contribution is -2.42. The number of nitrogens with zero attached hydrogens (tertiary/aromatic N) is 1. The van der Waals surface area contributed by atoms with E-state index in [1.807, 2.05) is 25.2 Å². The van der Waals surface area contributed by atoms with Gasteiger partial charge in [-0.2, -0.15) is 0 Å². The highest BCUT2D eigenvalue weighted by Crippen LogP contribution is 2.33. The first-order valence-corrected chi connectivity index (χ1v) is 7.03. The van der Waals surface area contributed by atoms with Gasteiger partial charge in [0, 0.05) is 44.2 Å². The van der Waals surface area contributed by atoms with Crippen molar-refractivity contribution in [2.75, 3.05) is 18.5 Å². The molecule has 1 saturated heterocycles. The Morgan fingerprint density at radius 3 is 2.90 bits per heavy atom. The van der Waals surface area contributed by atoms with Crippen molar-refractivity contribution in [1.82, 2.24) is 10.6 Å². The van der Waals surface area contributed by atoms with Crippen LogP contribution in [-0.4, -0.2) is 31.4 Å². The molecule has 2 heterocycles. The maximum atomic E-state index is 12.0. The van der Waals surface area contributed by atoms with Gasteiger partial charge in [-0.3, -0.25) is 9.59 Å². The number of anilines is 1. The van der Waals surface area contributed by atoms with E-state index in [0.717, 1.165) is 17.7 Å². The number of hydrogen-bond donors (Lipinski definition) is 2. The molecule has 2 aliphatic heterocycles. The summed E-state index contributed by atoms with van der Waals surface area (Å²) in [5.41, 5.74) is 2.12. The van der Waals surface area contributed by atoms with Crippen LogP contribution in [0.2, 0.25) is 0 Å². The fourth-order valence-corrected chi connectivity index (χ4v) is 2.94. The summed E-state index contributed by atoms with van der Waals surface area (Å²) in [5.74, 6) is 0.244. The van der Waals surface area contributed by atoms with Gasteiger partial charge in [-0.25, -0.2) is 0 Å². The molecule has 2 unspecified atom stereocenters. The summed E-state index contributed by atoms with van der Waals surface area (Å²) in [7, 11) is 1.81. The van der Waals surface area contributed by atoms with Crippen molar-refractivity contribution in [2.24, 2.45) is 0 Å². The summed E-state index contributed by atoms with van der Waals surface area (Å²) in [6.45, 7) is 0.710. The van der Waals surface area contributed by atoms with E-state index in [-0.39, 0.29) is 23.9 Å². The highest BCUT2D eigenvalue weighted by Gasteiger charge is 2.29. The molecule has 0 saturated carbocycles. The van der Waals surface area contributed by atoms with E-state index in [2.05, 4.69) is 16.7 Å². The maximum Gasteiger partial charge on any atom is 0.228 e. The van der Waals surface area contributed by atoms with E-state index in [9.17, 15) is 9.59 Å². The van der Waals surface area contributed by atoms with E-state index < -0.39 is 0 Å². The third-order valence-corrected chi connectivity index (χ3v) is 4.12. The molecule has 3 rings (SSSR count). The molecule has 1 fully saturated rings. The Morgan fingerprint density at radius 1 is 1.35 bits per heavy atom. The molecule has 0 spiro atoms. The van der Waals surface area contributed by atoms with E-state index in [1.165, 1.54) is 0 Å². The van der Waals surface area contributed by atoms with Gasteiger partial charge in [0.1, 0.15) is 0 Å². The second-order valence-electron chi connectivity index (χ2n) is 5.48. The zero-order chi connectivity index (χ0) is 14.1. The Labute approximate surface area is 118 Å². The lowest BCUT2D eigenvalue weighted by Gasteiger charge is -2.32. The molecule has 0 radical (unpaired) electrons. The molecule has 2 amide bonds. The molecule has 2 N–H and O–H groups in total. The van der Waals surface area contributed by atoms with Gasteiger partial charge in [-0.05, 0) is 18.1 Å². The average molecular weight is 273 g/mol. The average Bonchev–Trinajstić information content (AvgIpc) is 2.87. The lowest BCUT2D eigenvalue weighted by molar-refractivity contribution is -0.120. The van der Waals surface area contributed by atoms with Gasteiger partial charge in [0.25, 0.3) is 0 Å². The first-order valence-electron chi connectivity index (χ1n) is 7.03. The van der Waals surface area contributed by atoms with Crippen molar-refractivity contribution in [2.45, 2.75) is 31.3 Å². The minimum absolute atomic E-state index is 0.0346. The number of para-hydroxylation sites is 1. The molecule has 1 aromatic carbocycles. The summed E-state index contributed by atoms with van der Waals surface area (Å²) in [6.07, 6.45) is 1.94. The number of hydrogen-bond acceptors (Lipinski definition) is 3. The SMILES string of the molecule is CN1C(=O)CC(NCC2CCC(=O)N2)c2ccccc21. The highest BCUT2D eigenvalue weighted by atomic mass is 16.2. The number of carbonyl (C=O) groups excluding carboxylic acids is 2. The smallest absolute Gasteiger partial charge is 0.228 e. The minimum atomic E-state index is 0.0346. The Balaban J connectivity index is 1.72. The van der Waals surface area contributed by atoms with E-state index in [4.69, 9.17) is 0 Å². The zero-order valence-corrected chi connectivity index (χ0v) is 11.6. The van der Waals surface area contributed by atoms with Gasteiger partial charge in [0.05, 0.1) is 0 Å². The second-order valence-corrected chi connectivity index (χ2v) is 5.48. The Kier molecular flexibility index (Phi) is 3.44. The molecule has 106 valence electrons. The predicted octanol–water partition coefficient (Wildman–Crippen LogP) is 0.962. The molecular formula is C15H19N3O2. The monoisotopic (exact) mass is 273 g/mol. The molecule has 0 aliphatic carbocycles. The van der Waals surface area contributed by atoms with E-state index >= 15 is 0 Å². The molecule has 2 atom stereocenters. The zero-order valence-electron chi connectivity index (χ0n) is 11.6. The topological polar surface area (TPSA) is 61.4 Å². The number of nitrogens with one attached hydrogen (secondary N) is 2. The van der Waals surface area contributed by atoms with Crippen molar-refractivity contribution >= 4 is 17.5 Å². The summed E-state index contributed by atoms with van der Waals surface area (Å²) < 4.78 is 0. The standard InChI is InChI=1S/C15H19N3O2/c1-18-13-5-3-2-4-11(13)12(8-15(18)20)16-9-10-6-7-14(19)17-10/h2-5,10,12,16H,6-9H2,1H3,(H,17,19). The van der Waals surface area contributed by atoms with Crippen LogP contribution < -0.4 is 15.5 Å². The highest BCUT2D eigenvalue weighted by molar-refractivity contribution is 5.96. The number of fused-ring (bicyclic) bond motifs is 1. The normalized spacial score (nSPS) is 25.6. The third kappa shape index (κ3) is 2.41. The second kappa shape index (κ2) is 5.25. The maximum absolute atomic E-state index is 12.0. The van der Waals surface area contributed by atoms with Crippen LogP contribution in [-0.2, 0) is 9.59 Å². The molecule has 2 aliphatic rings. The van der Waals surface area contributed by atoms with Gasteiger partial charge >= 0.3 is 0 Å². The molecule has 5 nitrogen and oxygen atoms in total. The van der Waals surface area contributed by atoms with Gasteiger partial charge in [-0.15, -0.1) is 0 Å². The summed E-state index contributed by atoms with van der Waals surface area (Å²) >= 11 is 0. The fourth-order valence-electron chi connectivity index (χ4n) is 2.94. The first kappa shape index (κ1) is 13.1. The summed E-state index contributed by atoms with van der Waals surface area (Å²) in [4.78, 5) is 24.9. The van der Waals surface area contributed by atoms with Crippen LogP contribution in [0.1, 0.15) is 30.9 Å². The van der Waals surface area contributed by atoms with Gasteiger partial charge in [0.15, 0.2) is 0 Å². The van der Waals surface area contributed by atoms with E-state index in [1.54, 1.807) is 4.90 Å². The molecule has 20 heavy (non-hydrogen) atoms. The number of rotatable bonds is 3. The van der Waals surface area contributed by atoms with Crippen molar-refractivity contribution in [3.05, 3.63) is 29.8 Å². The van der Waals surface area contributed by atoms with Gasteiger partial charge in [0.2, 0.25) is 11.8 Å². The number of benzene rings is 1. The Bertz CT molecular complexity index is 544. The van der Waals surface area contributed by atoms with Crippen LogP contribution in [0.3, 0.4) is 0 Å². The number of carbonyl (C=O) groups is 2. The van der Waals surface area contributed by atoms with Crippen molar-refractivity contribution in [3.8, 4) is 0 Å². The molecule has 0 bridgehead atoms. The van der Waals surface area contributed by atoms with Crippen LogP contribution in [0.15, 0.2) is 24.3 Å². The lowest BCUT2D eigenvalue weighted by atomic mass is 9.96. The van der Waals surface area contributed by atoms with Gasteiger partial charge in [-0.1, -0.05) is 18.2 Å². The summed E-state index contributed by atoms with van der Waals surface area (Å²) in [6, 6.07) is 8.19. The molecule has 5 heteroatoms. The largest absolute Gasteiger partial charge is 0.352 e. The Hall–Kier alpha value is -1.88. The summed E-state index contributed by atoms with van der Waals surface area (Å²) in [5, 5.41) is 6.37. The van der Waals surface area contributed by atoms with Crippen LogP contribution >= 0.6 is 0 Å². The van der Waals surface area contributed by atoms with Crippen LogP contribution in [0.4, 0.5) is 5.69 Å².